The molecule has 3 heterocycles. The SMILES string of the molecule is O=c1[nH]c2cnc(Cc3ccccc3)nc2n1-c1cn[nH]n1. The number of nitrogens with zero attached hydrogens (tertiary/aromatic N) is 5. The van der Waals surface area contributed by atoms with Crippen LogP contribution in [0, 0.1) is 0 Å². The predicted molar refractivity (Wildman–Crippen MR) is 78.7 cm³/mol. The average molecular weight is 293 g/mol. The Bertz CT molecular complexity index is 970. The lowest BCUT2D eigenvalue weighted by Gasteiger charge is -2.01. The summed E-state index contributed by atoms with van der Waals surface area (Å²) in [6.45, 7) is 0. The highest BCUT2D eigenvalue weighted by Gasteiger charge is 2.13. The van der Waals surface area contributed by atoms with Gasteiger partial charge in [0, 0.05) is 6.42 Å². The van der Waals surface area contributed by atoms with Gasteiger partial charge in [0.15, 0.2) is 11.5 Å². The van der Waals surface area contributed by atoms with Gasteiger partial charge in [0.2, 0.25) is 0 Å². The van der Waals surface area contributed by atoms with Gasteiger partial charge in [-0.1, -0.05) is 30.3 Å². The van der Waals surface area contributed by atoms with Crippen LogP contribution in [-0.4, -0.2) is 34.9 Å². The fourth-order valence-electron chi connectivity index (χ4n) is 2.31. The van der Waals surface area contributed by atoms with Crippen molar-refractivity contribution in [2.24, 2.45) is 0 Å². The van der Waals surface area contributed by atoms with E-state index in [0.29, 0.717) is 29.2 Å². The summed E-state index contributed by atoms with van der Waals surface area (Å²) < 4.78 is 1.37. The first-order chi connectivity index (χ1) is 10.8. The van der Waals surface area contributed by atoms with Crippen LogP contribution in [-0.2, 0) is 6.42 Å². The molecule has 3 aromatic heterocycles. The summed E-state index contributed by atoms with van der Waals surface area (Å²) in [5.41, 5.74) is 1.83. The summed E-state index contributed by atoms with van der Waals surface area (Å²) >= 11 is 0. The minimum Gasteiger partial charge on any atom is -0.302 e. The Morgan fingerprint density at radius 3 is 2.77 bits per heavy atom. The maximum atomic E-state index is 12.1. The van der Waals surface area contributed by atoms with Crippen molar-refractivity contribution in [3.05, 3.63) is 64.6 Å². The molecule has 1 aromatic carbocycles. The van der Waals surface area contributed by atoms with E-state index >= 15 is 0 Å². The number of fused-ring (bicyclic) bond motifs is 1. The van der Waals surface area contributed by atoms with Crippen molar-refractivity contribution in [3.63, 3.8) is 0 Å². The van der Waals surface area contributed by atoms with Crippen molar-refractivity contribution in [2.45, 2.75) is 6.42 Å². The van der Waals surface area contributed by atoms with Gasteiger partial charge < -0.3 is 4.98 Å². The average Bonchev–Trinajstić information content (AvgIpc) is 3.14. The lowest BCUT2D eigenvalue weighted by atomic mass is 10.1. The molecule has 8 nitrogen and oxygen atoms in total. The van der Waals surface area contributed by atoms with Gasteiger partial charge in [0.05, 0.1) is 12.4 Å². The summed E-state index contributed by atoms with van der Waals surface area (Å²) in [5.74, 6) is 1.02. The first-order valence-electron chi connectivity index (χ1n) is 6.68. The Morgan fingerprint density at radius 2 is 2.00 bits per heavy atom. The lowest BCUT2D eigenvalue weighted by Crippen LogP contribution is -2.15. The van der Waals surface area contributed by atoms with Crippen LogP contribution < -0.4 is 5.69 Å². The molecule has 108 valence electrons. The fourth-order valence-corrected chi connectivity index (χ4v) is 2.31. The molecule has 0 aliphatic rings. The molecule has 0 unspecified atom stereocenters. The van der Waals surface area contributed by atoms with Crippen molar-refractivity contribution in [1.29, 1.82) is 0 Å². The zero-order valence-corrected chi connectivity index (χ0v) is 11.4. The third-order valence-corrected chi connectivity index (χ3v) is 3.31. The van der Waals surface area contributed by atoms with Crippen LogP contribution in [0.3, 0.4) is 0 Å². The quantitative estimate of drug-likeness (QED) is 0.581. The minimum absolute atomic E-state index is 0.324. The maximum Gasteiger partial charge on any atom is 0.333 e. The molecular weight excluding hydrogens is 282 g/mol. The second-order valence-electron chi connectivity index (χ2n) is 4.78. The molecule has 0 amide bonds. The Morgan fingerprint density at radius 1 is 1.14 bits per heavy atom. The van der Waals surface area contributed by atoms with Crippen LogP contribution in [0.15, 0.2) is 47.5 Å². The molecule has 22 heavy (non-hydrogen) atoms. The number of hydrogen-bond donors (Lipinski definition) is 2. The normalized spacial score (nSPS) is 11.1. The predicted octanol–water partition coefficient (Wildman–Crippen LogP) is 0.818. The van der Waals surface area contributed by atoms with Gasteiger partial charge in [-0.15, -0.1) is 5.10 Å². The summed E-state index contributed by atoms with van der Waals surface area (Å²) in [6.07, 6.45) is 3.67. The molecule has 0 saturated carbocycles. The Labute approximate surface area is 123 Å². The summed E-state index contributed by atoms with van der Waals surface area (Å²) in [7, 11) is 0. The van der Waals surface area contributed by atoms with Crippen molar-refractivity contribution in [1.82, 2.24) is 34.9 Å². The molecule has 0 aliphatic heterocycles. The molecule has 0 bridgehead atoms. The third kappa shape index (κ3) is 2.06. The number of imidazole rings is 1. The van der Waals surface area contributed by atoms with Crippen LogP contribution >= 0.6 is 0 Å². The minimum atomic E-state index is -0.324. The van der Waals surface area contributed by atoms with Crippen LogP contribution in [0.2, 0.25) is 0 Å². The number of nitrogens with one attached hydrogen (secondary N) is 2. The first-order valence-corrected chi connectivity index (χ1v) is 6.68. The van der Waals surface area contributed by atoms with E-state index < -0.39 is 0 Å². The number of H-pyrrole nitrogens is 2. The number of aromatic amines is 2. The van der Waals surface area contributed by atoms with E-state index in [-0.39, 0.29) is 5.69 Å². The third-order valence-electron chi connectivity index (χ3n) is 3.31. The van der Waals surface area contributed by atoms with Crippen LogP contribution in [0.4, 0.5) is 0 Å². The molecule has 8 heteroatoms. The van der Waals surface area contributed by atoms with E-state index in [1.54, 1.807) is 6.20 Å². The van der Waals surface area contributed by atoms with E-state index in [0.717, 1.165) is 5.56 Å². The second-order valence-corrected chi connectivity index (χ2v) is 4.78. The Kier molecular flexibility index (Phi) is 2.78. The van der Waals surface area contributed by atoms with Gasteiger partial charge in [-0.2, -0.15) is 10.3 Å². The molecule has 0 radical (unpaired) electrons. The summed E-state index contributed by atoms with van der Waals surface area (Å²) in [4.78, 5) is 23.6. The molecule has 2 N–H and O–H groups in total. The van der Waals surface area contributed by atoms with Crippen molar-refractivity contribution < 1.29 is 0 Å². The van der Waals surface area contributed by atoms with Crippen LogP contribution in [0.25, 0.3) is 17.0 Å². The molecule has 0 aliphatic carbocycles. The van der Waals surface area contributed by atoms with Crippen LogP contribution in [0.5, 0.6) is 0 Å². The van der Waals surface area contributed by atoms with Gasteiger partial charge in [-0.25, -0.2) is 19.3 Å². The lowest BCUT2D eigenvalue weighted by molar-refractivity contribution is 0.889. The zero-order valence-electron chi connectivity index (χ0n) is 11.4. The maximum absolute atomic E-state index is 12.1. The number of aromatic nitrogens is 7. The first kappa shape index (κ1) is 12.5. The number of hydrogen-bond acceptors (Lipinski definition) is 5. The smallest absolute Gasteiger partial charge is 0.302 e. The number of rotatable bonds is 3. The molecule has 0 spiro atoms. The molecule has 0 saturated heterocycles. The number of benzene rings is 1. The summed E-state index contributed by atoms with van der Waals surface area (Å²) in [5, 5.41) is 10.1. The highest BCUT2D eigenvalue weighted by Crippen LogP contribution is 2.12. The van der Waals surface area contributed by atoms with Crippen molar-refractivity contribution >= 4 is 11.2 Å². The van der Waals surface area contributed by atoms with Gasteiger partial charge >= 0.3 is 5.69 Å². The molecular formula is C14H11N7O. The zero-order chi connectivity index (χ0) is 14.9. The van der Waals surface area contributed by atoms with E-state index in [1.165, 1.54) is 10.8 Å². The monoisotopic (exact) mass is 293 g/mol. The fraction of sp³-hybridized carbons (Fsp3) is 0.0714. The second kappa shape index (κ2) is 4.92. The van der Waals surface area contributed by atoms with E-state index in [2.05, 4.69) is 30.4 Å². The Balaban J connectivity index is 1.83. The molecule has 0 atom stereocenters. The molecule has 0 fully saturated rings. The van der Waals surface area contributed by atoms with E-state index in [4.69, 9.17) is 0 Å². The Hall–Kier alpha value is -3.29. The van der Waals surface area contributed by atoms with Gasteiger partial charge in [0.1, 0.15) is 11.3 Å². The highest BCUT2D eigenvalue weighted by molar-refractivity contribution is 5.71. The largest absolute Gasteiger partial charge is 0.333 e. The van der Waals surface area contributed by atoms with Gasteiger partial charge in [-0.3, -0.25) is 0 Å². The van der Waals surface area contributed by atoms with Crippen LogP contribution in [0.1, 0.15) is 11.4 Å². The topological polar surface area (TPSA) is 105 Å². The van der Waals surface area contributed by atoms with E-state index in [9.17, 15) is 4.79 Å². The summed E-state index contributed by atoms with van der Waals surface area (Å²) in [6, 6.07) is 9.91. The molecule has 4 rings (SSSR count). The van der Waals surface area contributed by atoms with Crippen molar-refractivity contribution in [2.75, 3.05) is 0 Å². The molecule has 4 aromatic rings. The highest BCUT2D eigenvalue weighted by atomic mass is 16.1. The van der Waals surface area contributed by atoms with E-state index in [1.807, 2.05) is 30.3 Å². The van der Waals surface area contributed by atoms with Crippen molar-refractivity contribution in [3.8, 4) is 5.82 Å². The standard InChI is InChI=1S/C14H11N7O/c22-14-17-10-7-15-11(6-9-4-2-1-3-5-9)18-13(10)21(14)12-8-16-20-19-12/h1-5,7-8H,6H2,(H,17,22)(H,16,19,20). The van der Waals surface area contributed by atoms with Gasteiger partial charge in [0.25, 0.3) is 0 Å². The van der Waals surface area contributed by atoms with Gasteiger partial charge in [-0.05, 0) is 5.56 Å².